The van der Waals surface area contributed by atoms with Gasteiger partial charge in [-0.05, 0) is 67.4 Å². The average Bonchev–Trinajstić information content (AvgIpc) is 2.81. The summed E-state index contributed by atoms with van der Waals surface area (Å²) in [6.45, 7) is 11.7. The SMILES string of the molecule is CC(=O)O[C@@H]1[C][C@@]2(O)[C@H](C)CC[C@@H]([C@H](C)CN3CCN(c4ccc(C(F)(F)F)cc4)CC3)[C@H]2C=C1C. The molecule has 1 heterocycles. The molecule has 4 rings (SSSR count). The zero-order valence-corrected chi connectivity index (χ0v) is 21.5. The number of aliphatic hydroxyl groups is 1. The largest absolute Gasteiger partial charge is 0.457 e. The van der Waals surface area contributed by atoms with Crippen molar-refractivity contribution in [2.45, 2.75) is 58.4 Å². The van der Waals surface area contributed by atoms with Gasteiger partial charge in [-0.15, -0.1) is 0 Å². The highest BCUT2D eigenvalue weighted by atomic mass is 19.4. The van der Waals surface area contributed by atoms with Crippen LogP contribution in [0.5, 0.6) is 0 Å². The van der Waals surface area contributed by atoms with Gasteiger partial charge in [0.15, 0.2) is 0 Å². The molecule has 2 fully saturated rings. The Morgan fingerprint density at radius 3 is 2.42 bits per heavy atom. The summed E-state index contributed by atoms with van der Waals surface area (Å²) in [5.41, 5.74) is -0.0198. The van der Waals surface area contributed by atoms with E-state index in [0.717, 1.165) is 69.0 Å². The van der Waals surface area contributed by atoms with Crippen molar-refractivity contribution in [3.05, 3.63) is 47.9 Å². The highest BCUT2D eigenvalue weighted by Gasteiger charge is 2.53. The Balaban J connectivity index is 1.37. The number of piperazine rings is 1. The molecule has 1 aromatic rings. The van der Waals surface area contributed by atoms with Crippen LogP contribution in [0.2, 0.25) is 0 Å². The summed E-state index contributed by atoms with van der Waals surface area (Å²) in [6.07, 6.45) is 2.31. The van der Waals surface area contributed by atoms with E-state index in [2.05, 4.69) is 29.2 Å². The third-order valence-corrected chi connectivity index (χ3v) is 8.37. The van der Waals surface area contributed by atoms with Crippen molar-refractivity contribution in [3.63, 3.8) is 0 Å². The van der Waals surface area contributed by atoms with E-state index in [1.165, 1.54) is 6.92 Å². The Labute approximate surface area is 212 Å². The summed E-state index contributed by atoms with van der Waals surface area (Å²) in [5, 5.41) is 11.7. The molecule has 2 radical (unpaired) electrons. The van der Waals surface area contributed by atoms with Crippen LogP contribution in [0.3, 0.4) is 0 Å². The number of hydrogen-bond donors (Lipinski definition) is 1. The minimum Gasteiger partial charge on any atom is -0.457 e. The number of esters is 1. The van der Waals surface area contributed by atoms with Crippen molar-refractivity contribution in [2.75, 3.05) is 37.6 Å². The van der Waals surface area contributed by atoms with Gasteiger partial charge in [0.2, 0.25) is 0 Å². The van der Waals surface area contributed by atoms with Gasteiger partial charge in [0.25, 0.3) is 0 Å². The number of hydrogen-bond acceptors (Lipinski definition) is 5. The monoisotopic (exact) mass is 506 g/mol. The molecule has 36 heavy (non-hydrogen) atoms. The highest BCUT2D eigenvalue weighted by molar-refractivity contribution is 5.66. The molecule has 1 saturated heterocycles. The Morgan fingerprint density at radius 2 is 1.83 bits per heavy atom. The number of benzene rings is 1. The van der Waals surface area contributed by atoms with Gasteiger partial charge in [-0.2, -0.15) is 13.2 Å². The number of fused-ring (bicyclic) bond motifs is 1. The zero-order chi connectivity index (χ0) is 26.3. The molecule has 1 aliphatic heterocycles. The van der Waals surface area contributed by atoms with E-state index >= 15 is 0 Å². The van der Waals surface area contributed by atoms with Crippen molar-refractivity contribution in [1.82, 2.24) is 4.90 Å². The number of carbonyl (C=O) groups excluding carboxylic acids is 1. The molecule has 5 nitrogen and oxygen atoms in total. The normalized spacial score (nSPS) is 32.4. The van der Waals surface area contributed by atoms with E-state index in [1.807, 2.05) is 13.8 Å². The number of alkyl halides is 3. The van der Waals surface area contributed by atoms with Crippen LogP contribution in [0.1, 0.15) is 46.1 Å². The van der Waals surface area contributed by atoms with Crippen molar-refractivity contribution >= 4 is 11.7 Å². The number of halogens is 3. The number of anilines is 1. The van der Waals surface area contributed by atoms with Crippen LogP contribution in [-0.2, 0) is 15.7 Å². The number of nitrogens with zero attached hydrogens (tertiary/aromatic N) is 2. The molecule has 0 bridgehead atoms. The first-order valence-corrected chi connectivity index (χ1v) is 12.9. The van der Waals surface area contributed by atoms with E-state index in [-0.39, 0.29) is 23.7 Å². The van der Waals surface area contributed by atoms with Crippen LogP contribution < -0.4 is 4.90 Å². The lowest BCUT2D eigenvalue weighted by atomic mass is 9.57. The molecule has 0 aromatic heterocycles. The average molecular weight is 507 g/mol. The summed E-state index contributed by atoms with van der Waals surface area (Å²) in [4.78, 5) is 16.1. The van der Waals surface area contributed by atoms with Crippen molar-refractivity contribution < 1.29 is 27.8 Å². The summed E-state index contributed by atoms with van der Waals surface area (Å²) >= 11 is 0. The molecule has 3 aliphatic rings. The van der Waals surface area contributed by atoms with Gasteiger partial charge in [-0.1, -0.05) is 19.9 Å². The van der Waals surface area contributed by atoms with Crippen molar-refractivity contribution in [1.29, 1.82) is 0 Å². The lowest BCUT2D eigenvalue weighted by molar-refractivity contribution is -0.148. The molecule has 1 N–H and O–H groups in total. The van der Waals surface area contributed by atoms with Crippen LogP contribution in [0.4, 0.5) is 18.9 Å². The third kappa shape index (κ3) is 5.59. The van der Waals surface area contributed by atoms with Crippen LogP contribution >= 0.6 is 0 Å². The van der Waals surface area contributed by atoms with Gasteiger partial charge in [0.05, 0.1) is 17.6 Å². The maximum atomic E-state index is 12.9. The van der Waals surface area contributed by atoms with Crippen molar-refractivity contribution in [3.8, 4) is 0 Å². The molecule has 2 aliphatic carbocycles. The van der Waals surface area contributed by atoms with Gasteiger partial charge < -0.3 is 14.7 Å². The van der Waals surface area contributed by atoms with E-state index in [4.69, 9.17) is 4.74 Å². The Hall–Kier alpha value is -2.06. The first-order valence-electron chi connectivity index (χ1n) is 12.9. The number of ether oxygens (including phenoxy) is 1. The maximum Gasteiger partial charge on any atom is 0.416 e. The van der Waals surface area contributed by atoms with Gasteiger partial charge in [-0.3, -0.25) is 9.69 Å². The smallest absolute Gasteiger partial charge is 0.416 e. The fraction of sp³-hybridized carbons (Fsp3) is 0.643. The quantitative estimate of drug-likeness (QED) is 0.458. The lowest BCUT2D eigenvalue weighted by Gasteiger charge is -2.53. The van der Waals surface area contributed by atoms with Crippen molar-refractivity contribution in [2.24, 2.45) is 23.7 Å². The standard InChI is InChI=1S/C28H37F3N2O3/c1-18-15-25-24(10-5-20(3)27(25,35)16-26(18)36-21(4)34)19(2)17-32-11-13-33(14-12-32)23-8-6-22(7-9-23)28(29,30)31/h6-9,15,19-20,24-26,35H,5,10-14,17H2,1-4H3/t19-,20-,24+,25-,26-,27-/m1/s1. The highest BCUT2D eigenvalue weighted by Crippen LogP contribution is 2.51. The topological polar surface area (TPSA) is 53.0 Å². The minimum absolute atomic E-state index is 0.0284. The number of carbonyl (C=O) groups is 1. The molecule has 1 aromatic carbocycles. The van der Waals surface area contributed by atoms with E-state index < -0.39 is 23.4 Å². The van der Waals surface area contributed by atoms with Gasteiger partial charge in [-0.25, -0.2) is 0 Å². The lowest BCUT2D eigenvalue weighted by Crippen LogP contribution is -2.57. The summed E-state index contributed by atoms with van der Waals surface area (Å²) in [7, 11) is 0. The maximum absolute atomic E-state index is 12.9. The minimum atomic E-state index is -4.32. The molecule has 0 amide bonds. The summed E-state index contributed by atoms with van der Waals surface area (Å²) in [6, 6.07) is 5.40. The van der Waals surface area contributed by atoms with Gasteiger partial charge in [0.1, 0.15) is 6.10 Å². The van der Waals surface area contributed by atoms with Gasteiger partial charge in [0, 0.05) is 51.3 Å². The zero-order valence-electron chi connectivity index (χ0n) is 21.5. The molecule has 8 heteroatoms. The molecule has 0 unspecified atom stereocenters. The second-order valence-corrected chi connectivity index (χ2v) is 10.8. The molecule has 6 atom stereocenters. The Kier molecular flexibility index (Phi) is 7.77. The molecular formula is C28H37F3N2O3. The fourth-order valence-corrected chi connectivity index (χ4v) is 6.20. The predicted molar refractivity (Wildman–Crippen MR) is 132 cm³/mol. The Morgan fingerprint density at radius 1 is 1.19 bits per heavy atom. The predicted octanol–water partition coefficient (Wildman–Crippen LogP) is 4.83. The summed E-state index contributed by atoms with van der Waals surface area (Å²) < 4.78 is 44.0. The molecule has 1 saturated carbocycles. The number of rotatable bonds is 5. The van der Waals surface area contributed by atoms with Crippen LogP contribution in [0.15, 0.2) is 35.9 Å². The molecule has 198 valence electrons. The van der Waals surface area contributed by atoms with Gasteiger partial charge >= 0.3 is 12.1 Å². The fourth-order valence-electron chi connectivity index (χ4n) is 6.20. The summed E-state index contributed by atoms with van der Waals surface area (Å²) in [5.74, 6) is 0.186. The van der Waals surface area contributed by atoms with Crippen LogP contribution in [0, 0.1) is 30.1 Å². The van der Waals surface area contributed by atoms with Crippen LogP contribution in [0.25, 0.3) is 0 Å². The molecule has 0 spiro atoms. The third-order valence-electron chi connectivity index (χ3n) is 8.37. The second kappa shape index (κ2) is 10.4. The molecular weight excluding hydrogens is 469 g/mol. The second-order valence-electron chi connectivity index (χ2n) is 10.8. The first-order chi connectivity index (χ1) is 16.9. The van der Waals surface area contributed by atoms with E-state index in [1.54, 1.807) is 12.1 Å². The van der Waals surface area contributed by atoms with E-state index in [9.17, 15) is 23.1 Å². The van der Waals surface area contributed by atoms with E-state index in [0.29, 0.717) is 5.92 Å². The first kappa shape index (κ1) is 27.0. The Bertz CT molecular complexity index is 956. The van der Waals surface area contributed by atoms with Crippen LogP contribution in [-0.4, -0.2) is 60.4 Å².